The highest BCUT2D eigenvalue weighted by Crippen LogP contribution is 2.45. The second-order valence-corrected chi connectivity index (χ2v) is 8.83. The quantitative estimate of drug-likeness (QED) is 0.513. The summed E-state index contributed by atoms with van der Waals surface area (Å²) in [7, 11) is 0. The van der Waals surface area contributed by atoms with Crippen LogP contribution in [0.15, 0.2) is 22.7 Å². The topological polar surface area (TPSA) is 0 Å². The average molecular weight is 378 g/mol. The van der Waals surface area contributed by atoms with E-state index in [1.807, 2.05) is 6.07 Å². The van der Waals surface area contributed by atoms with E-state index in [0.717, 1.165) is 28.3 Å². The Hall–Kier alpha value is 0.280. The van der Waals surface area contributed by atoms with Crippen molar-refractivity contribution in [3.63, 3.8) is 0 Å². The molecular weight excluding hydrogens is 355 g/mol. The van der Waals surface area contributed by atoms with E-state index >= 15 is 0 Å². The van der Waals surface area contributed by atoms with Gasteiger partial charge in [0.2, 0.25) is 0 Å². The van der Waals surface area contributed by atoms with E-state index in [4.69, 9.17) is 23.2 Å². The normalized spacial score (nSPS) is 27.6. The van der Waals surface area contributed by atoms with Gasteiger partial charge in [0.1, 0.15) is 0 Å². The molecule has 0 aliphatic heterocycles. The van der Waals surface area contributed by atoms with Crippen molar-refractivity contribution < 1.29 is 0 Å². The molecule has 0 radical (unpaired) electrons. The first kappa shape index (κ1) is 16.6. The van der Waals surface area contributed by atoms with Gasteiger partial charge >= 0.3 is 0 Å². The van der Waals surface area contributed by atoms with Crippen LogP contribution < -0.4 is 0 Å². The lowest BCUT2D eigenvalue weighted by Crippen LogP contribution is -2.37. The third-order valence-electron chi connectivity index (χ3n) is 4.70. The van der Waals surface area contributed by atoms with Crippen molar-refractivity contribution in [3.05, 3.63) is 33.3 Å². The molecule has 1 aromatic rings. The van der Waals surface area contributed by atoms with Gasteiger partial charge in [0.05, 0.1) is 0 Å². The lowest BCUT2D eigenvalue weighted by molar-refractivity contribution is 0.142. The highest BCUT2D eigenvalue weighted by Gasteiger charge is 2.38. The van der Waals surface area contributed by atoms with Crippen LogP contribution in [0.1, 0.15) is 45.6 Å². The zero-order chi connectivity index (χ0) is 14.9. The van der Waals surface area contributed by atoms with Gasteiger partial charge in [-0.2, -0.15) is 0 Å². The molecule has 3 heteroatoms. The Morgan fingerprint density at radius 1 is 1.30 bits per heavy atom. The van der Waals surface area contributed by atoms with Gasteiger partial charge < -0.3 is 0 Å². The van der Waals surface area contributed by atoms with Gasteiger partial charge in [0.25, 0.3) is 0 Å². The number of hydrogen-bond acceptors (Lipinski definition) is 0. The predicted molar refractivity (Wildman–Crippen MR) is 92.8 cm³/mol. The summed E-state index contributed by atoms with van der Waals surface area (Å²) in [4.78, 5) is 0. The molecule has 0 N–H and O–H groups in total. The Morgan fingerprint density at radius 2 is 2.00 bits per heavy atom. The van der Waals surface area contributed by atoms with Crippen molar-refractivity contribution in [2.45, 2.75) is 51.8 Å². The SMILES string of the molecule is CC1CCC(C(C)(C)Cc2ccc(Br)cc2Cl)C(Cl)C1. The lowest BCUT2D eigenvalue weighted by Gasteiger charge is -2.42. The smallest absolute Gasteiger partial charge is 0.0449 e. The maximum atomic E-state index is 6.65. The molecule has 3 unspecified atom stereocenters. The maximum Gasteiger partial charge on any atom is 0.0449 e. The molecule has 0 heterocycles. The van der Waals surface area contributed by atoms with Gasteiger partial charge in [-0.3, -0.25) is 0 Å². The van der Waals surface area contributed by atoms with Crippen molar-refractivity contribution in [2.75, 3.05) is 0 Å². The molecule has 1 saturated carbocycles. The van der Waals surface area contributed by atoms with Crippen molar-refractivity contribution in [2.24, 2.45) is 17.3 Å². The molecule has 3 atom stereocenters. The molecule has 2 rings (SSSR count). The largest absolute Gasteiger partial charge is 0.123 e. The van der Waals surface area contributed by atoms with Crippen LogP contribution in [0.2, 0.25) is 5.02 Å². The molecule has 20 heavy (non-hydrogen) atoms. The van der Waals surface area contributed by atoms with Gasteiger partial charge in [0, 0.05) is 14.9 Å². The summed E-state index contributed by atoms with van der Waals surface area (Å²) in [5.41, 5.74) is 1.41. The zero-order valence-electron chi connectivity index (χ0n) is 12.4. The molecule has 1 fully saturated rings. The zero-order valence-corrected chi connectivity index (χ0v) is 15.5. The minimum atomic E-state index is 0.185. The maximum absolute atomic E-state index is 6.65. The van der Waals surface area contributed by atoms with Crippen LogP contribution in [0.25, 0.3) is 0 Å². The molecule has 1 aliphatic rings. The summed E-state index contributed by atoms with van der Waals surface area (Å²) < 4.78 is 1.03. The fourth-order valence-corrected chi connectivity index (χ4v) is 4.99. The number of benzene rings is 1. The van der Waals surface area contributed by atoms with Gasteiger partial charge in [-0.25, -0.2) is 0 Å². The number of rotatable bonds is 3. The van der Waals surface area contributed by atoms with E-state index in [1.54, 1.807) is 0 Å². The molecule has 0 nitrogen and oxygen atoms in total. The van der Waals surface area contributed by atoms with Crippen LogP contribution >= 0.6 is 39.1 Å². The number of alkyl halides is 1. The monoisotopic (exact) mass is 376 g/mol. The minimum Gasteiger partial charge on any atom is -0.123 e. The van der Waals surface area contributed by atoms with Gasteiger partial charge in [-0.15, -0.1) is 11.6 Å². The third-order valence-corrected chi connectivity index (χ3v) is 6.03. The standard InChI is InChI=1S/C17H23BrCl2/c1-11-4-7-14(16(20)8-11)17(2,3)10-12-5-6-13(18)9-15(12)19/h5-6,9,11,14,16H,4,7-8,10H2,1-3H3. The predicted octanol–water partition coefficient (Wildman–Crippen LogP) is 6.71. The average Bonchev–Trinajstić information content (AvgIpc) is 2.32. The van der Waals surface area contributed by atoms with E-state index in [9.17, 15) is 0 Å². The van der Waals surface area contributed by atoms with Gasteiger partial charge in [-0.05, 0) is 54.2 Å². The first-order valence-electron chi connectivity index (χ1n) is 7.37. The Kier molecular flexibility index (Phi) is 5.48. The van der Waals surface area contributed by atoms with Gasteiger partial charge in [-0.1, -0.05) is 60.8 Å². The van der Waals surface area contributed by atoms with Crippen LogP contribution in [-0.4, -0.2) is 5.38 Å². The number of halogens is 3. The van der Waals surface area contributed by atoms with Crippen LogP contribution in [0.4, 0.5) is 0 Å². The van der Waals surface area contributed by atoms with Crippen molar-refractivity contribution in [1.29, 1.82) is 0 Å². The summed E-state index contributed by atoms with van der Waals surface area (Å²) in [6.45, 7) is 6.98. The molecule has 1 aliphatic carbocycles. The van der Waals surface area contributed by atoms with Crippen molar-refractivity contribution in [1.82, 2.24) is 0 Å². The van der Waals surface area contributed by atoms with Crippen molar-refractivity contribution >= 4 is 39.1 Å². The molecule has 0 spiro atoms. The van der Waals surface area contributed by atoms with E-state index in [1.165, 1.54) is 18.4 Å². The van der Waals surface area contributed by atoms with E-state index in [0.29, 0.717) is 11.3 Å². The highest BCUT2D eigenvalue weighted by molar-refractivity contribution is 9.10. The number of hydrogen-bond donors (Lipinski definition) is 0. The Bertz CT molecular complexity index is 470. The molecular formula is C17H23BrCl2. The lowest BCUT2D eigenvalue weighted by atomic mass is 9.66. The molecule has 112 valence electrons. The fraction of sp³-hybridized carbons (Fsp3) is 0.647. The van der Waals surface area contributed by atoms with Gasteiger partial charge in [0.15, 0.2) is 0 Å². The molecule has 0 aromatic heterocycles. The Balaban J connectivity index is 2.14. The Morgan fingerprint density at radius 3 is 2.60 bits per heavy atom. The van der Waals surface area contributed by atoms with Crippen LogP contribution in [0.3, 0.4) is 0 Å². The summed E-state index contributed by atoms with van der Waals surface area (Å²) in [6.07, 6.45) is 4.66. The molecule has 1 aromatic carbocycles. The fourth-order valence-electron chi connectivity index (χ4n) is 3.48. The summed E-state index contributed by atoms with van der Waals surface area (Å²) in [5.74, 6) is 1.33. The van der Waals surface area contributed by atoms with Crippen LogP contribution in [0, 0.1) is 17.3 Å². The summed E-state index contributed by atoms with van der Waals surface area (Å²) in [5, 5.41) is 1.14. The van der Waals surface area contributed by atoms with E-state index in [-0.39, 0.29) is 5.41 Å². The first-order chi connectivity index (χ1) is 9.29. The third kappa shape index (κ3) is 3.93. The highest BCUT2D eigenvalue weighted by atomic mass is 79.9. The summed E-state index contributed by atoms with van der Waals surface area (Å²) in [6, 6.07) is 6.18. The minimum absolute atomic E-state index is 0.185. The van der Waals surface area contributed by atoms with Crippen LogP contribution in [0.5, 0.6) is 0 Å². The van der Waals surface area contributed by atoms with Crippen LogP contribution in [-0.2, 0) is 6.42 Å². The first-order valence-corrected chi connectivity index (χ1v) is 8.98. The Labute approximate surface area is 141 Å². The molecule has 0 saturated heterocycles. The second kappa shape index (κ2) is 6.58. The van der Waals surface area contributed by atoms with E-state index < -0.39 is 0 Å². The second-order valence-electron chi connectivity index (χ2n) is 6.94. The molecule has 0 bridgehead atoms. The summed E-state index contributed by atoms with van der Waals surface area (Å²) >= 11 is 16.5. The van der Waals surface area contributed by atoms with E-state index in [2.05, 4.69) is 48.8 Å². The van der Waals surface area contributed by atoms with Crippen molar-refractivity contribution in [3.8, 4) is 0 Å². The molecule has 0 amide bonds.